The summed E-state index contributed by atoms with van der Waals surface area (Å²) in [4.78, 5) is 0. The second-order valence-corrected chi connectivity index (χ2v) is 3.12. The van der Waals surface area contributed by atoms with Crippen molar-refractivity contribution in [2.75, 3.05) is 13.1 Å². The molecule has 0 amide bonds. The molecule has 1 nitrogen and oxygen atoms in total. The van der Waals surface area contributed by atoms with E-state index in [0.29, 0.717) is 6.54 Å². The Balaban J connectivity index is 0.000000490. The van der Waals surface area contributed by atoms with Crippen LogP contribution in [0.25, 0.3) is 0 Å². The van der Waals surface area contributed by atoms with Crippen LogP contribution in [-0.4, -0.2) is 22.4 Å². The average Bonchev–Trinajstić information content (AvgIpc) is 1.87. The van der Waals surface area contributed by atoms with Crippen molar-refractivity contribution in [2.45, 2.75) is 12.6 Å². The predicted molar refractivity (Wildman–Crippen MR) is 42.4 cm³/mol. The minimum atomic E-state index is -0.558. The van der Waals surface area contributed by atoms with E-state index in [1.54, 1.807) is 0 Å². The number of nitrogens with zero attached hydrogens (tertiary/aromatic N) is 1. The summed E-state index contributed by atoms with van der Waals surface area (Å²) in [5.41, 5.74) is 0. The van der Waals surface area contributed by atoms with Crippen LogP contribution in [0.2, 0.25) is 0 Å². The van der Waals surface area contributed by atoms with Gasteiger partial charge in [-0.15, -0.1) is 12.4 Å². The molecule has 0 spiro atoms. The van der Waals surface area contributed by atoms with Gasteiger partial charge in [0, 0.05) is 36.0 Å². The van der Waals surface area contributed by atoms with Crippen LogP contribution in [0.15, 0.2) is 0 Å². The van der Waals surface area contributed by atoms with Crippen LogP contribution in [0, 0.1) is 0 Å². The molecule has 1 saturated heterocycles. The van der Waals surface area contributed by atoms with E-state index in [4.69, 9.17) is 0 Å². The molecule has 0 bridgehead atoms. The van der Waals surface area contributed by atoms with E-state index in [2.05, 4.69) is 22.9 Å². The van der Waals surface area contributed by atoms with E-state index in [1.165, 1.54) is 0 Å². The van der Waals surface area contributed by atoms with Crippen molar-refractivity contribution in [1.29, 1.82) is 0 Å². The van der Waals surface area contributed by atoms with E-state index in [1.807, 2.05) is 3.11 Å². The second-order valence-electron chi connectivity index (χ2n) is 1.75. The van der Waals surface area contributed by atoms with E-state index in [9.17, 15) is 4.39 Å². The van der Waals surface area contributed by atoms with Crippen LogP contribution < -0.4 is 0 Å². The molecule has 1 heterocycles. The van der Waals surface area contributed by atoms with Crippen molar-refractivity contribution in [2.24, 2.45) is 0 Å². The summed E-state index contributed by atoms with van der Waals surface area (Å²) < 4.78 is 14.1. The molecule has 1 aliphatic rings. The molecule has 0 N–H and O–H groups in total. The highest BCUT2D eigenvalue weighted by Gasteiger charge is 2.18. The second kappa shape index (κ2) is 3.85. The van der Waals surface area contributed by atoms with E-state index in [-0.39, 0.29) is 12.4 Å². The van der Waals surface area contributed by atoms with Gasteiger partial charge in [0.25, 0.3) is 0 Å². The van der Waals surface area contributed by atoms with Gasteiger partial charge in [0.1, 0.15) is 6.17 Å². The monoisotopic (exact) mass is 251 g/mol. The summed E-state index contributed by atoms with van der Waals surface area (Å²) in [6.45, 7) is 1.54. The Labute approximate surface area is 68.5 Å². The van der Waals surface area contributed by atoms with Crippen molar-refractivity contribution in [3.05, 3.63) is 0 Å². The number of halogens is 3. The van der Waals surface area contributed by atoms with Crippen LogP contribution in [0.5, 0.6) is 0 Å². The van der Waals surface area contributed by atoms with E-state index >= 15 is 0 Å². The maximum absolute atomic E-state index is 12.1. The van der Waals surface area contributed by atoms with Gasteiger partial charge < -0.3 is 0 Å². The fourth-order valence-corrected chi connectivity index (χ4v) is 1.38. The zero-order chi connectivity index (χ0) is 5.28. The summed E-state index contributed by atoms with van der Waals surface area (Å²) in [6, 6.07) is 0. The molecule has 0 radical (unpaired) electrons. The summed E-state index contributed by atoms with van der Waals surface area (Å²) in [6.07, 6.45) is 0.167. The lowest BCUT2D eigenvalue weighted by Gasteiger charge is -1.98. The van der Waals surface area contributed by atoms with Crippen molar-refractivity contribution in [3.8, 4) is 0 Å². The van der Waals surface area contributed by atoms with Crippen LogP contribution in [0.3, 0.4) is 0 Å². The van der Waals surface area contributed by atoms with Gasteiger partial charge in [0.15, 0.2) is 0 Å². The molecule has 0 aromatic carbocycles. The maximum atomic E-state index is 12.1. The zero-order valence-corrected chi connectivity index (χ0v) is 7.28. The van der Waals surface area contributed by atoms with E-state index in [0.717, 1.165) is 13.0 Å². The van der Waals surface area contributed by atoms with E-state index < -0.39 is 6.17 Å². The van der Waals surface area contributed by atoms with Crippen molar-refractivity contribution in [1.82, 2.24) is 3.11 Å². The molecule has 50 valence electrons. The predicted octanol–water partition coefficient (Wildman–Crippen LogP) is 1.80. The Morgan fingerprint density at radius 1 is 1.62 bits per heavy atom. The molecule has 1 fully saturated rings. The molecule has 1 atom stereocenters. The third-order valence-corrected chi connectivity index (χ3v) is 1.96. The normalized spacial score (nSPS) is 30.0. The number of rotatable bonds is 0. The molecule has 1 aliphatic heterocycles. The smallest absolute Gasteiger partial charge is 0.115 e. The largest absolute Gasteiger partial charge is 0.246 e. The standard InChI is InChI=1S/C4H7FIN.ClH/c5-4-1-2-7(6)3-4;/h4H,1-3H2;1H. The van der Waals surface area contributed by atoms with Gasteiger partial charge in [0.2, 0.25) is 0 Å². The van der Waals surface area contributed by atoms with Gasteiger partial charge in [-0.05, 0) is 6.42 Å². The molecule has 0 aromatic heterocycles. The Hall–Kier alpha value is 0.910. The summed E-state index contributed by atoms with van der Waals surface area (Å²) >= 11 is 2.14. The number of hydrogen-bond donors (Lipinski definition) is 0. The van der Waals surface area contributed by atoms with Gasteiger partial charge in [-0.2, -0.15) is 0 Å². The molecule has 0 saturated carbocycles. The van der Waals surface area contributed by atoms with Crippen LogP contribution in [0.4, 0.5) is 4.39 Å². The van der Waals surface area contributed by atoms with Gasteiger partial charge in [-0.25, -0.2) is 7.50 Å². The quantitative estimate of drug-likeness (QED) is 0.469. The Morgan fingerprint density at radius 3 is 2.38 bits per heavy atom. The topological polar surface area (TPSA) is 3.24 Å². The van der Waals surface area contributed by atoms with Crippen molar-refractivity contribution < 1.29 is 4.39 Å². The van der Waals surface area contributed by atoms with Crippen molar-refractivity contribution in [3.63, 3.8) is 0 Å². The summed E-state index contributed by atoms with van der Waals surface area (Å²) in [5.74, 6) is 0. The third kappa shape index (κ3) is 2.46. The van der Waals surface area contributed by atoms with Gasteiger partial charge in [-0.1, -0.05) is 0 Å². The number of hydrogen-bond acceptors (Lipinski definition) is 1. The average molecular weight is 251 g/mol. The molecule has 8 heavy (non-hydrogen) atoms. The lowest BCUT2D eigenvalue weighted by atomic mass is 10.4. The SMILES string of the molecule is Cl.FC1CCN(I)C1. The minimum Gasteiger partial charge on any atom is -0.246 e. The summed E-state index contributed by atoms with van der Waals surface area (Å²) in [7, 11) is 0. The van der Waals surface area contributed by atoms with Crippen molar-refractivity contribution >= 4 is 35.3 Å². The van der Waals surface area contributed by atoms with Gasteiger partial charge in [-0.3, -0.25) is 0 Å². The molecule has 0 aromatic rings. The lowest BCUT2D eigenvalue weighted by molar-refractivity contribution is 0.352. The molecular weight excluding hydrogens is 243 g/mol. The highest BCUT2D eigenvalue weighted by atomic mass is 127. The molecule has 0 aliphatic carbocycles. The fraction of sp³-hybridized carbons (Fsp3) is 1.00. The fourth-order valence-electron chi connectivity index (χ4n) is 0.678. The lowest BCUT2D eigenvalue weighted by Crippen LogP contribution is -2.06. The van der Waals surface area contributed by atoms with Crippen LogP contribution in [-0.2, 0) is 0 Å². The molecule has 1 rings (SSSR count). The summed E-state index contributed by atoms with van der Waals surface area (Å²) in [5, 5.41) is 0. The maximum Gasteiger partial charge on any atom is 0.115 e. The first-order valence-corrected chi connectivity index (χ1v) is 3.30. The van der Waals surface area contributed by atoms with Crippen LogP contribution >= 0.6 is 35.3 Å². The molecular formula is C4H8ClFIN. The first kappa shape index (κ1) is 8.91. The number of alkyl halides is 1. The van der Waals surface area contributed by atoms with Crippen LogP contribution in [0.1, 0.15) is 6.42 Å². The zero-order valence-electron chi connectivity index (χ0n) is 4.31. The van der Waals surface area contributed by atoms with Gasteiger partial charge in [0.05, 0.1) is 0 Å². The highest BCUT2D eigenvalue weighted by Crippen LogP contribution is 2.14. The first-order chi connectivity index (χ1) is 3.29. The first-order valence-electron chi connectivity index (χ1n) is 2.34. The molecule has 4 heteroatoms. The molecule has 1 unspecified atom stereocenters. The Morgan fingerprint density at radius 2 is 2.25 bits per heavy atom. The Bertz CT molecular complexity index is 65.1. The minimum absolute atomic E-state index is 0. The van der Waals surface area contributed by atoms with Gasteiger partial charge >= 0.3 is 0 Å². The highest BCUT2D eigenvalue weighted by molar-refractivity contribution is 14.1. The third-order valence-electron chi connectivity index (χ3n) is 1.08. The Kier molecular flexibility index (Phi) is 4.28.